The zero-order valence-electron chi connectivity index (χ0n) is 17.1. The standard InChI is InChI=1S/C22H24FN3O4S/c1-22(21(28)24-13-16-7-9-17(23)10-8-16)15-25(14-20(27)26(22)18-11-12-18)31(29,30)19-5-3-2-4-6-19/h2-10,18H,11-15H2,1H3,(H,24,28). The Labute approximate surface area is 180 Å². The first kappa shape index (κ1) is 21.5. The highest BCUT2D eigenvalue weighted by atomic mass is 32.2. The second-order valence-corrected chi connectivity index (χ2v) is 10.1. The molecule has 0 spiro atoms. The molecule has 7 nitrogen and oxygen atoms in total. The molecule has 1 aliphatic carbocycles. The highest BCUT2D eigenvalue weighted by Crippen LogP contribution is 2.37. The maximum absolute atomic E-state index is 13.3. The number of rotatable bonds is 6. The Balaban J connectivity index is 1.59. The zero-order valence-corrected chi connectivity index (χ0v) is 17.9. The molecule has 1 unspecified atom stereocenters. The molecule has 9 heteroatoms. The van der Waals surface area contributed by atoms with Crippen LogP contribution in [0.25, 0.3) is 0 Å². The lowest BCUT2D eigenvalue weighted by Gasteiger charge is -2.47. The summed E-state index contributed by atoms with van der Waals surface area (Å²) in [6.07, 6.45) is 1.58. The van der Waals surface area contributed by atoms with E-state index in [1.165, 1.54) is 24.3 Å². The Morgan fingerprint density at radius 3 is 2.39 bits per heavy atom. The van der Waals surface area contributed by atoms with E-state index in [-0.39, 0.29) is 42.3 Å². The van der Waals surface area contributed by atoms with Gasteiger partial charge in [-0.15, -0.1) is 0 Å². The van der Waals surface area contributed by atoms with Gasteiger partial charge in [0.2, 0.25) is 21.8 Å². The third kappa shape index (κ3) is 4.20. The summed E-state index contributed by atoms with van der Waals surface area (Å²) in [5, 5.41) is 2.80. The first-order valence-electron chi connectivity index (χ1n) is 10.1. The maximum atomic E-state index is 13.3. The van der Waals surface area contributed by atoms with Crippen LogP contribution in [0.15, 0.2) is 59.5 Å². The molecular formula is C22H24FN3O4S. The highest BCUT2D eigenvalue weighted by molar-refractivity contribution is 7.89. The number of carbonyl (C=O) groups excluding carboxylic acids is 2. The second kappa shape index (κ2) is 8.05. The number of nitrogens with zero attached hydrogens (tertiary/aromatic N) is 2. The number of nitrogens with one attached hydrogen (secondary N) is 1. The van der Waals surface area contributed by atoms with Gasteiger partial charge in [0.15, 0.2) is 0 Å². The first-order valence-corrected chi connectivity index (χ1v) is 11.6. The van der Waals surface area contributed by atoms with Crippen LogP contribution in [-0.2, 0) is 26.2 Å². The predicted molar refractivity (Wildman–Crippen MR) is 112 cm³/mol. The third-order valence-corrected chi connectivity index (χ3v) is 7.55. The minimum absolute atomic E-state index is 0.0596. The number of sulfonamides is 1. The molecular weight excluding hydrogens is 421 g/mol. The monoisotopic (exact) mass is 445 g/mol. The second-order valence-electron chi connectivity index (χ2n) is 8.16. The van der Waals surface area contributed by atoms with Crippen molar-refractivity contribution in [2.45, 2.75) is 42.8 Å². The average Bonchev–Trinajstić information content (AvgIpc) is 3.58. The summed E-state index contributed by atoms with van der Waals surface area (Å²) < 4.78 is 40.5. The molecule has 2 fully saturated rings. The molecule has 0 aromatic heterocycles. The molecule has 164 valence electrons. The van der Waals surface area contributed by atoms with Gasteiger partial charge in [-0.3, -0.25) is 9.59 Å². The Morgan fingerprint density at radius 1 is 1.13 bits per heavy atom. The Morgan fingerprint density at radius 2 is 1.77 bits per heavy atom. The fourth-order valence-electron chi connectivity index (χ4n) is 3.98. The number of hydrogen-bond acceptors (Lipinski definition) is 4. The van der Waals surface area contributed by atoms with Gasteiger partial charge in [-0.05, 0) is 49.6 Å². The summed E-state index contributed by atoms with van der Waals surface area (Å²) in [6, 6.07) is 13.6. The van der Waals surface area contributed by atoms with Crippen LogP contribution in [0.2, 0.25) is 0 Å². The van der Waals surface area contributed by atoms with E-state index in [1.54, 1.807) is 42.2 Å². The predicted octanol–water partition coefficient (Wildman–Crippen LogP) is 1.90. The number of hydrogen-bond donors (Lipinski definition) is 1. The summed E-state index contributed by atoms with van der Waals surface area (Å²) in [5.74, 6) is -1.20. The lowest BCUT2D eigenvalue weighted by Crippen LogP contribution is -2.70. The van der Waals surface area contributed by atoms with Crippen LogP contribution >= 0.6 is 0 Å². The third-order valence-electron chi connectivity index (χ3n) is 5.74. The molecule has 2 amide bonds. The van der Waals surface area contributed by atoms with Gasteiger partial charge in [-0.1, -0.05) is 30.3 Å². The van der Waals surface area contributed by atoms with Crippen molar-refractivity contribution in [3.8, 4) is 0 Å². The van der Waals surface area contributed by atoms with E-state index in [1.807, 2.05) is 0 Å². The first-order chi connectivity index (χ1) is 14.7. The molecule has 0 bridgehead atoms. The van der Waals surface area contributed by atoms with Gasteiger partial charge in [-0.2, -0.15) is 4.31 Å². The number of carbonyl (C=O) groups is 2. The Bertz CT molecular complexity index is 1090. The quantitative estimate of drug-likeness (QED) is 0.736. The molecule has 2 aromatic rings. The van der Waals surface area contributed by atoms with E-state index in [0.717, 1.165) is 17.1 Å². The smallest absolute Gasteiger partial charge is 0.247 e. The molecule has 2 aliphatic rings. The fraction of sp³-hybridized carbons (Fsp3) is 0.364. The van der Waals surface area contributed by atoms with Crippen molar-refractivity contribution in [3.63, 3.8) is 0 Å². The minimum Gasteiger partial charge on any atom is -0.350 e. The SMILES string of the molecule is CC1(C(=O)NCc2ccc(F)cc2)CN(S(=O)(=O)c2ccccc2)CC(=O)N1C1CC1. The van der Waals surface area contributed by atoms with Crippen molar-refractivity contribution < 1.29 is 22.4 Å². The van der Waals surface area contributed by atoms with E-state index in [2.05, 4.69) is 5.32 Å². The molecule has 1 aliphatic heterocycles. The highest BCUT2D eigenvalue weighted by Gasteiger charge is 2.54. The van der Waals surface area contributed by atoms with Gasteiger partial charge in [0.1, 0.15) is 11.4 Å². The van der Waals surface area contributed by atoms with Crippen LogP contribution in [0, 0.1) is 5.82 Å². The van der Waals surface area contributed by atoms with Crippen molar-refractivity contribution in [2.24, 2.45) is 0 Å². The topological polar surface area (TPSA) is 86.8 Å². The molecule has 2 aromatic carbocycles. The van der Waals surface area contributed by atoms with E-state index in [9.17, 15) is 22.4 Å². The van der Waals surface area contributed by atoms with Crippen LogP contribution in [0.3, 0.4) is 0 Å². The van der Waals surface area contributed by atoms with Crippen molar-refractivity contribution in [1.82, 2.24) is 14.5 Å². The lowest BCUT2D eigenvalue weighted by atomic mass is 9.95. The fourth-order valence-corrected chi connectivity index (χ4v) is 5.49. The number of piperazine rings is 1. The molecule has 1 heterocycles. The van der Waals surface area contributed by atoms with Crippen molar-refractivity contribution >= 4 is 21.8 Å². The van der Waals surface area contributed by atoms with Gasteiger partial charge in [0.25, 0.3) is 0 Å². The van der Waals surface area contributed by atoms with Crippen LogP contribution in [-0.4, -0.2) is 54.1 Å². The van der Waals surface area contributed by atoms with Gasteiger partial charge in [0, 0.05) is 19.1 Å². The van der Waals surface area contributed by atoms with Gasteiger partial charge in [-0.25, -0.2) is 12.8 Å². The summed E-state index contributed by atoms with van der Waals surface area (Å²) in [5.41, 5.74) is -0.648. The summed E-state index contributed by atoms with van der Waals surface area (Å²) in [6.45, 7) is 1.32. The Kier molecular flexibility index (Phi) is 5.57. The van der Waals surface area contributed by atoms with E-state index in [0.29, 0.717) is 5.56 Å². The minimum atomic E-state index is -3.94. The maximum Gasteiger partial charge on any atom is 0.247 e. The summed E-state index contributed by atoms with van der Waals surface area (Å²) in [4.78, 5) is 27.9. The van der Waals surface area contributed by atoms with Crippen molar-refractivity contribution in [3.05, 3.63) is 66.0 Å². The van der Waals surface area contributed by atoms with E-state index < -0.39 is 21.5 Å². The normalized spacial score (nSPS) is 22.4. The summed E-state index contributed by atoms with van der Waals surface area (Å²) in [7, 11) is -3.94. The molecule has 0 radical (unpaired) electrons. The van der Waals surface area contributed by atoms with Gasteiger partial charge in [0.05, 0.1) is 11.4 Å². The van der Waals surface area contributed by atoms with E-state index >= 15 is 0 Å². The Hall–Kier alpha value is -2.78. The van der Waals surface area contributed by atoms with E-state index in [4.69, 9.17) is 0 Å². The van der Waals surface area contributed by atoms with Crippen LogP contribution in [0.1, 0.15) is 25.3 Å². The van der Waals surface area contributed by atoms with Crippen molar-refractivity contribution in [1.29, 1.82) is 0 Å². The molecule has 1 atom stereocenters. The zero-order chi connectivity index (χ0) is 22.2. The number of benzene rings is 2. The van der Waals surface area contributed by atoms with Crippen LogP contribution < -0.4 is 5.32 Å². The average molecular weight is 446 g/mol. The lowest BCUT2D eigenvalue weighted by molar-refractivity contribution is -0.153. The molecule has 31 heavy (non-hydrogen) atoms. The van der Waals surface area contributed by atoms with Crippen LogP contribution in [0.5, 0.6) is 0 Å². The molecule has 1 saturated heterocycles. The van der Waals surface area contributed by atoms with Gasteiger partial charge < -0.3 is 10.2 Å². The van der Waals surface area contributed by atoms with Crippen LogP contribution in [0.4, 0.5) is 4.39 Å². The van der Waals surface area contributed by atoms with Gasteiger partial charge >= 0.3 is 0 Å². The molecule has 1 N–H and O–H groups in total. The summed E-state index contributed by atoms with van der Waals surface area (Å²) >= 11 is 0. The van der Waals surface area contributed by atoms with Crippen molar-refractivity contribution in [2.75, 3.05) is 13.1 Å². The number of halogens is 1. The number of amides is 2. The molecule has 4 rings (SSSR count). The molecule has 1 saturated carbocycles. The largest absolute Gasteiger partial charge is 0.350 e.